The molecule has 0 bridgehead atoms. The van der Waals surface area contributed by atoms with E-state index in [2.05, 4.69) is 24.0 Å². The van der Waals surface area contributed by atoms with Crippen LogP contribution in [0.4, 0.5) is 0 Å². The number of likely N-dealkylation sites (N-methyl/N-ethyl adjacent to an activating group) is 1. The highest BCUT2D eigenvalue weighted by Gasteiger charge is 2.14. The fraction of sp³-hybridized carbons (Fsp3) is 0.333. The van der Waals surface area contributed by atoms with Crippen LogP contribution in [-0.2, 0) is 16.4 Å². The SMILES string of the molecule is CCN(Cc1ccccc1)CC(O)c1ccc(S(C)(=O)=O)cc1. The molecule has 1 atom stereocenters. The Morgan fingerprint density at radius 3 is 2.17 bits per heavy atom. The first kappa shape index (κ1) is 17.7. The molecule has 5 heteroatoms. The van der Waals surface area contributed by atoms with Crippen LogP contribution in [0.2, 0.25) is 0 Å². The Labute approximate surface area is 138 Å². The summed E-state index contributed by atoms with van der Waals surface area (Å²) in [5.41, 5.74) is 1.93. The van der Waals surface area contributed by atoms with Crippen LogP contribution in [0.1, 0.15) is 24.2 Å². The van der Waals surface area contributed by atoms with Crippen LogP contribution in [0, 0.1) is 0 Å². The Kier molecular flexibility index (Phi) is 5.93. The predicted octanol–water partition coefficient (Wildman–Crippen LogP) is 2.65. The van der Waals surface area contributed by atoms with E-state index in [0.29, 0.717) is 6.54 Å². The molecule has 0 aliphatic heterocycles. The quantitative estimate of drug-likeness (QED) is 0.846. The molecule has 4 nitrogen and oxygen atoms in total. The van der Waals surface area contributed by atoms with Gasteiger partial charge in [-0.25, -0.2) is 8.42 Å². The first-order valence-electron chi connectivity index (χ1n) is 7.64. The Balaban J connectivity index is 2.03. The molecular weight excluding hydrogens is 310 g/mol. The van der Waals surface area contributed by atoms with E-state index in [1.165, 1.54) is 11.8 Å². The van der Waals surface area contributed by atoms with E-state index in [-0.39, 0.29) is 4.90 Å². The molecule has 0 aliphatic carbocycles. The van der Waals surface area contributed by atoms with E-state index in [0.717, 1.165) is 18.7 Å². The number of nitrogens with zero attached hydrogens (tertiary/aromatic N) is 1. The van der Waals surface area contributed by atoms with Crippen molar-refractivity contribution >= 4 is 9.84 Å². The largest absolute Gasteiger partial charge is 0.387 e. The van der Waals surface area contributed by atoms with Gasteiger partial charge in [0.25, 0.3) is 0 Å². The summed E-state index contributed by atoms with van der Waals surface area (Å²) in [6, 6.07) is 16.6. The highest BCUT2D eigenvalue weighted by Crippen LogP contribution is 2.18. The van der Waals surface area contributed by atoms with Gasteiger partial charge < -0.3 is 5.11 Å². The monoisotopic (exact) mass is 333 g/mol. The molecule has 2 rings (SSSR count). The Morgan fingerprint density at radius 2 is 1.65 bits per heavy atom. The van der Waals surface area contributed by atoms with Crippen molar-refractivity contribution in [3.05, 3.63) is 65.7 Å². The van der Waals surface area contributed by atoms with Gasteiger partial charge in [-0.1, -0.05) is 49.4 Å². The van der Waals surface area contributed by atoms with E-state index < -0.39 is 15.9 Å². The lowest BCUT2D eigenvalue weighted by Crippen LogP contribution is -2.28. The molecular formula is C18H23NO3S. The van der Waals surface area contributed by atoms with Crippen LogP contribution in [-0.4, -0.2) is 37.8 Å². The molecule has 23 heavy (non-hydrogen) atoms. The molecule has 0 saturated carbocycles. The van der Waals surface area contributed by atoms with Gasteiger partial charge in [-0.15, -0.1) is 0 Å². The third-order valence-corrected chi connectivity index (χ3v) is 4.95. The van der Waals surface area contributed by atoms with Crippen LogP contribution in [0.25, 0.3) is 0 Å². The first-order valence-corrected chi connectivity index (χ1v) is 9.53. The van der Waals surface area contributed by atoms with E-state index >= 15 is 0 Å². The zero-order valence-corrected chi connectivity index (χ0v) is 14.3. The predicted molar refractivity (Wildman–Crippen MR) is 91.9 cm³/mol. The standard InChI is InChI=1S/C18H23NO3S/c1-3-19(13-15-7-5-4-6-8-15)14-18(20)16-9-11-17(12-10-16)23(2,21)22/h4-12,18,20H,3,13-14H2,1-2H3. The van der Waals surface area contributed by atoms with Crippen molar-refractivity contribution < 1.29 is 13.5 Å². The van der Waals surface area contributed by atoms with E-state index in [9.17, 15) is 13.5 Å². The normalized spacial score (nSPS) is 13.2. The highest BCUT2D eigenvalue weighted by molar-refractivity contribution is 7.90. The van der Waals surface area contributed by atoms with Crippen molar-refractivity contribution in [1.82, 2.24) is 4.90 Å². The van der Waals surface area contributed by atoms with Gasteiger partial charge in [-0.3, -0.25) is 4.90 Å². The molecule has 124 valence electrons. The molecule has 0 radical (unpaired) electrons. The van der Waals surface area contributed by atoms with Crippen molar-refractivity contribution in [1.29, 1.82) is 0 Å². The van der Waals surface area contributed by atoms with Gasteiger partial charge in [-0.2, -0.15) is 0 Å². The fourth-order valence-corrected chi connectivity index (χ4v) is 3.06. The topological polar surface area (TPSA) is 57.6 Å². The highest BCUT2D eigenvalue weighted by atomic mass is 32.2. The number of benzene rings is 2. The van der Waals surface area contributed by atoms with Crippen LogP contribution in [0.3, 0.4) is 0 Å². The maximum absolute atomic E-state index is 11.5. The number of rotatable bonds is 7. The molecule has 2 aromatic carbocycles. The second-order valence-corrected chi connectivity index (χ2v) is 7.69. The molecule has 1 N–H and O–H groups in total. The van der Waals surface area contributed by atoms with E-state index in [4.69, 9.17) is 0 Å². The zero-order valence-electron chi connectivity index (χ0n) is 13.5. The van der Waals surface area contributed by atoms with Crippen LogP contribution in [0.15, 0.2) is 59.5 Å². The van der Waals surface area contributed by atoms with Crippen molar-refractivity contribution in [2.75, 3.05) is 19.3 Å². The average molecular weight is 333 g/mol. The van der Waals surface area contributed by atoms with E-state index in [1.807, 2.05) is 18.2 Å². The van der Waals surface area contributed by atoms with Crippen LogP contribution >= 0.6 is 0 Å². The van der Waals surface area contributed by atoms with Crippen molar-refractivity contribution in [2.24, 2.45) is 0 Å². The van der Waals surface area contributed by atoms with Gasteiger partial charge >= 0.3 is 0 Å². The Morgan fingerprint density at radius 1 is 1.04 bits per heavy atom. The lowest BCUT2D eigenvalue weighted by atomic mass is 10.1. The first-order chi connectivity index (χ1) is 10.9. The summed E-state index contributed by atoms with van der Waals surface area (Å²) >= 11 is 0. The minimum atomic E-state index is -3.21. The smallest absolute Gasteiger partial charge is 0.175 e. The molecule has 0 aliphatic rings. The number of hydrogen-bond donors (Lipinski definition) is 1. The van der Waals surface area contributed by atoms with Gasteiger partial charge in [0.05, 0.1) is 11.0 Å². The number of aliphatic hydroxyl groups is 1. The molecule has 0 spiro atoms. The third kappa shape index (κ3) is 5.16. The molecule has 2 aromatic rings. The van der Waals surface area contributed by atoms with Gasteiger partial charge in [0.2, 0.25) is 0 Å². The number of sulfone groups is 1. The van der Waals surface area contributed by atoms with Crippen LogP contribution < -0.4 is 0 Å². The van der Waals surface area contributed by atoms with Crippen molar-refractivity contribution in [2.45, 2.75) is 24.5 Å². The lowest BCUT2D eigenvalue weighted by Gasteiger charge is -2.24. The average Bonchev–Trinajstić information content (AvgIpc) is 2.54. The van der Waals surface area contributed by atoms with Gasteiger partial charge in [0.15, 0.2) is 9.84 Å². The van der Waals surface area contributed by atoms with Crippen LogP contribution in [0.5, 0.6) is 0 Å². The molecule has 0 fully saturated rings. The molecule has 0 saturated heterocycles. The van der Waals surface area contributed by atoms with Crippen molar-refractivity contribution in [3.63, 3.8) is 0 Å². The summed E-state index contributed by atoms with van der Waals surface area (Å²) in [6.07, 6.45) is 0.532. The van der Waals surface area contributed by atoms with Gasteiger partial charge in [0, 0.05) is 19.3 Å². The maximum atomic E-state index is 11.5. The Bertz CT molecular complexity index is 712. The minimum absolute atomic E-state index is 0.269. The Hall–Kier alpha value is -1.69. The third-order valence-electron chi connectivity index (χ3n) is 3.82. The summed E-state index contributed by atoms with van der Waals surface area (Å²) in [7, 11) is -3.21. The minimum Gasteiger partial charge on any atom is -0.387 e. The molecule has 1 unspecified atom stereocenters. The van der Waals surface area contributed by atoms with Gasteiger partial charge in [0.1, 0.15) is 0 Å². The summed E-state index contributed by atoms with van der Waals surface area (Å²) in [6.45, 7) is 4.16. The van der Waals surface area contributed by atoms with Gasteiger partial charge in [-0.05, 0) is 29.8 Å². The molecule has 0 heterocycles. The van der Waals surface area contributed by atoms with Crippen molar-refractivity contribution in [3.8, 4) is 0 Å². The summed E-state index contributed by atoms with van der Waals surface area (Å²) in [4.78, 5) is 2.43. The maximum Gasteiger partial charge on any atom is 0.175 e. The summed E-state index contributed by atoms with van der Waals surface area (Å²) in [5, 5.41) is 10.4. The second kappa shape index (κ2) is 7.73. The second-order valence-electron chi connectivity index (χ2n) is 5.67. The number of hydrogen-bond acceptors (Lipinski definition) is 4. The fourth-order valence-electron chi connectivity index (χ4n) is 2.43. The zero-order chi connectivity index (χ0) is 16.9. The van der Waals surface area contributed by atoms with E-state index in [1.54, 1.807) is 24.3 Å². The molecule has 0 aromatic heterocycles. The summed E-state index contributed by atoms with van der Waals surface area (Å²) < 4.78 is 22.9. The summed E-state index contributed by atoms with van der Waals surface area (Å²) in [5.74, 6) is 0. The lowest BCUT2D eigenvalue weighted by molar-refractivity contribution is 0.112. The molecule has 0 amide bonds. The number of aliphatic hydroxyl groups excluding tert-OH is 1.